The lowest BCUT2D eigenvalue weighted by Crippen LogP contribution is -2.57. The van der Waals surface area contributed by atoms with Crippen LogP contribution in [0.5, 0.6) is 0 Å². The van der Waals surface area contributed by atoms with Gasteiger partial charge in [-0.15, -0.1) is 0 Å². The molecule has 150 valence electrons. The second-order valence-corrected chi connectivity index (χ2v) is 11.5. The van der Waals surface area contributed by atoms with Gasteiger partial charge in [-0.1, -0.05) is 40.9 Å². The van der Waals surface area contributed by atoms with Crippen LogP contribution in [0.15, 0.2) is 24.3 Å². The fraction of sp³-hybridized carbons (Fsp3) is 0.652. The largest absolute Gasteiger partial charge is 0.349 e. The standard InChI is InChI=1S/C23H29BrN2O2/c24-23-12-15-9-16(13-23)11-22(10-15,14-23)21(28)26-19-8-4-3-7-18(19)20(27)25-17-5-1-2-6-17/h3-4,7-8,15-17H,1-2,5-6,9-14H2,(H,25,27)(H,26,28). The molecule has 2 N–H and O–H groups in total. The molecule has 5 heteroatoms. The predicted molar refractivity (Wildman–Crippen MR) is 114 cm³/mol. The average molecular weight is 445 g/mol. The summed E-state index contributed by atoms with van der Waals surface area (Å²) in [4.78, 5) is 26.3. The summed E-state index contributed by atoms with van der Waals surface area (Å²) in [6.07, 6.45) is 11.1. The Labute approximate surface area is 175 Å². The van der Waals surface area contributed by atoms with Crippen LogP contribution in [0.2, 0.25) is 0 Å². The van der Waals surface area contributed by atoms with E-state index < -0.39 is 0 Å². The van der Waals surface area contributed by atoms with Gasteiger partial charge in [0.25, 0.3) is 5.91 Å². The molecule has 5 aliphatic rings. The van der Waals surface area contributed by atoms with Crippen molar-refractivity contribution in [3.63, 3.8) is 0 Å². The summed E-state index contributed by atoms with van der Waals surface area (Å²) >= 11 is 3.99. The number of hydrogen-bond acceptors (Lipinski definition) is 2. The minimum atomic E-state index is -0.275. The summed E-state index contributed by atoms with van der Waals surface area (Å²) in [6, 6.07) is 7.73. The Morgan fingerprint density at radius 2 is 1.68 bits per heavy atom. The van der Waals surface area contributed by atoms with E-state index >= 15 is 0 Å². The number of alkyl halides is 1. The quantitative estimate of drug-likeness (QED) is 0.639. The molecule has 28 heavy (non-hydrogen) atoms. The Hall–Kier alpha value is -1.36. The number of rotatable bonds is 4. The van der Waals surface area contributed by atoms with Crippen molar-refractivity contribution < 1.29 is 9.59 Å². The maximum absolute atomic E-state index is 13.5. The molecule has 5 saturated carbocycles. The van der Waals surface area contributed by atoms with E-state index in [4.69, 9.17) is 0 Å². The highest BCUT2D eigenvalue weighted by molar-refractivity contribution is 9.10. The lowest BCUT2D eigenvalue weighted by Gasteiger charge is -2.59. The second-order valence-electron chi connectivity index (χ2n) is 9.85. The molecule has 2 amide bonds. The molecule has 1 aromatic carbocycles. The molecule has 0 aliphatic heterocycles. The van der Waals surface area contributed by atoms with E-state index in [1.165, 1.54) is 32.1 Å². The van der Waals surface area contributed by atoms with Gasteiger partial charge in [0.15, 0.2) is 0 Å². The topological polar surface area (TPSA) is 58.2 Å². The number of anilines is 1. The van der Waals surface area contributed by atoms with Crippen LogP contribution in [-0.4, -0.2) is 22.2 Å². The van der Waals surface area contributed by atoms with Crippen molar-refractivity contribution in [1.29, 1.82) is 0 Å². The first-order valence-corrected chi connectivity index (χ1v) is 11.6. The zero-order valence-corrected chi connectivity index (χ0v) is 17.9. The van der Waals surface area contributed by atoms with Gasteiger partial charge in [0.1, 0.15) is 0 Å². The molecule has 0 spiro atoms. The monoisotopic (exact) mass is 444 g/mol. The van der Waals surface area contributed by atoms with Gasteiger partial charge in [-0.05, 0) is 75.3 Å². The molecule has 1 aromatic rings. The molecule has 0 heterocycles. The number of para-hydroxylation sites is 1. The maximum Gasteiger partial charge on any atom is 0.253 e. The van der Waals surface area contributed by atoms with Crippen LogP contribution in [-0.2, 0) is 4.79 Å². The van der Waals surface area contributed by atoms with E-state index in [-0.39, 0.29) is 27.6 Å². The Bertz CT molecular complexity index is 788. The van der Waals surface area contributed by atoms with Crippen molar-refractivity contribution in [2.24, 2.45) is 17.3 Å². The highest BCUT2D eigenvalue weighted by atomic mass is 79.9. The van der Waals surface area contributed by atoms with Gasteiger partial charge in [0.05, 0.1) is 16.7 Å². The number of carbonyl (C=O) groups is 2. The Morgan fingerprint density at radius 3 is 2.36 bits per heavy atom. The molecule has 5 fully saturated rings. The zero-order chi connectivity index (χ0) is 19.4. The first-order valence-electron chi connectivity index (χ1n) is 10.9. The minimum absolute atomic E-state index is 0.0646. The van der Waals surface area contributed by atoms with Gasteiger partial charge in [0.2, 0.25) is 5.91 Å². The lowest BCUT2D eigenvalue weighted by molar-refractivity contribution is -0.138. The average Bonchev–Trinajstić information content (AvgIpc) is 3.13. The van der Waals surface area contributed by atoms with Crippen LogP contribution in [0, 0.1) is 17.3 Å². The van der Waals surface area contributed by atoms with Gasteiger partial charge < -0.3 is 10.6 Å². The van der Waals surface area contributed by atoms with E-state index in [9.17, 15) is 9.59 Å². The number of nitrogens with one attached hydrogen (secondary N) is 2. The number of carbonyl (C=O) groups excluding carboxylic acids is 2. The van der Waals surface area contributed by atoms with E-state index in [1.54, 1.807) is 0 Å². The Kier molecular flexibility index (Phi) is 4.57. The molecular formula is C23H29BrN2O2. The van der Waals surface area contributed by atoms with Crippen LogP contribution in [0.3, 0.4) is 0 Å². The molecular weight excluding hydrogens is 416 g/mol. The van der Waals surface area contributed by atoms with E-state index in [1.807, 2.05) is 24.3 Å². The third-order valence-electron chi connectivity index (χ3n) is 7.58. The molecule has 6 rings (SSSR count). The van der Waals surface area contributed by atoms with Crippen molar-refractivity contribution in [3.05, 3.63) is 29.8 Å². The zero-order valence-electron chi connectivity index (χ0n) is 16.3. The van der Waals surface area contributed by atoms with Gasteiger partial charge in [-0.2, -0.15) is 0 Å². The van der Waals surface area contributed by atoms with Gasteiger partial charge in [-0.3, -0.25) is 9.59 Å². The molecule has 4 bridgehead atoms. The van der Waals surface area contributed by atoms with Gasteiger partial charge >= 0.3 is 0 Å². The van der Waals surface area contributed by atoms with Crippen LogP contribution < -0.4 is 10.6 Å². The SMILES string of the molecule is O=C(NC1CCCC1)c1ccccc1NC(=O)C12CC3CC(CC(Br)(C3)C1)C2. The molecule has 0 radical (unpaired) electrons. The normalized spacial score (nSPS) is 36.5. The first kappa shape index (κ1) is 18.7. The predicted octanol–water partition coefficient (Wildman–Crippen LogP) is 5.03. The summed E-state index contributed by atoms with van der Waals surface area (Å²) in [5, 5.41) is 6.32. The number of hydrogen-bond donors (Lipinski definition) is 2. The number of benzene rings is 1. The van der Waals surface area contributed by atoms with Gasteiger partial charge in [0, 0.05) is 10.4 Å². The van der Waals surface area contributed by atoms with Crippen LogP contribution >= 0.6 is 15.9 Å². The summed E-state index contributed by atoms with van der Waals surface area (Å²) in [5.41, 5.74) is 0.964. The Balaban J connectivity index is 1.35. The second kappa shape index (κ2) is 6.86. The van der Waals surface area contributed by atoms with Crippen LogP contribution in [0.25, 0.3) is 0 Å². The van der Waals surface area contributed by atoms with Gasteiger partial charge in [-0.25, -0.2) is 0 Å². The minimum Gasteiger partial charge on any atom is -0.349 e. The third-order valence-corrected chi connectivity index (χ3v) is 8.51. The Morgan fingerprint density at radius 1 is 1.00 bits per heavy atom. The van der Waals surface area contributed by atoms with E-state index in [0.29, 0.717) is 23.1 Å². The summed E-state index contributed by atoms with van der Waals surface area (Å²) in [5.74, 6) is 1.37. The van der Waals surface area contributed by atoms with Crippen molar-refractivity contribution in [3.8, 4) is 0 Å². The molecule has 2 unspecified atom stereocenters. The molecule has 5 aliphatic carbocycles. The molecule has 0 saturated heterocycles. The summed E-state index contributed by atoms with van der Waals surface area (Å²) < 4.78 is 0.147. The van der Waals surface area contributed by atoms with Crippen molar-refractivity contribution in [2.75, 3.05) is 5.32 Å². The molecule has 2 atom stereocenters. The summed E-state index contributed by atoms with van der Waals surface area (Å²) in [7, 11) is 0. The molecule has 4 nitrogen and oxygen atoms in total. The first-order chi connectivity index (χ1) is 13.4. The van der Waals surface area contributed by atoms with Crippen molar-refractivity contribution in [2.45, 2.75) is 74.6 Å². The van der Waals surface area contributed by atoms with Crippen LogP contribution in [0.1, 0.15) is 74.6 Å². The van der Waals surface area contributed by atoms with E-state index in [0.717, 1.165) is 32.1 Å². The maximum atomic E-state index is 13.5. The third kappa shape index (κ3) is 3.30. The fourth-order valence-electron chi connectivity index (χ4n) is 6.79. The van der Waals surface area contributed by atoms with E-state index in [2.05, 4.69) is 26.6 Å². The highest BCUT2D eigenvalue weighted by Crippen LogP contribution is 2.64. The van der Waals surface area contributed by atoms with Crippen molar-refractivity contribution >= 4 is 33.4 Å². The smallest absolute Gasteiger partial charge is 0.253 e. The number of halogens is 1. The summed E-state index contributed by atoms with van der Waals surface area (Å²) in [6.45, 7) is 0. The van der Waals surface area contributed by atoms with Crippen LogP contribution in [0.4, 0.5) is 5.69 Å². The number of amides is 2. The molecule has 0 aromatic heterocycles. The highest BCUT2D eigenvalue weighted by Gasteiger charge is 2.59. The van der Waals surface area contributed by atoms with Crippen molar-refractivity contribution in [1.82, 2.24) is 5.32 Å². The lowest BCUT2D eigenvalue weighted by atomic mass is 9.49. The fourth-order valence-corrected chi connectivity index (χ4v) is 8.25.